The van der Waals surface area contributed by atoms with Gasteiger partial charge < -0.3 is 10.2 Å². The first-order valence-corrected chi connectivity index (χ1v) is 4.48. The van der Waals surface area contributed by atoms with E-state index in [1.807, 2.05) is 6.92 Å². The van der Waals surface area contributed by atoms with Crippen LogP contribution in [0.15, 0.2) is 18.6 Å². The summed E-state index contributed by atoms with van der Waals surface area (Å²) in [6.07, 6.45) is 3.11. The Bertz CT molecular complexity index is 288. The lowest BCUT2D eigenvalue weighted by molar-refractivity contribution is 0.210. The fourth-order valence-corrected chi connectivity index (χ4v) is 0.867. The van der Waals surface area contributed by atoms with E-state index in [1.54, 1.807) is 24.2 Å². The summed E-state index contributed by atoms with van der Waals surface area (Å²) < 4.78 is 0. The molecule has 0 spiro atoms. The van der Waals surface area contributed by atoms with Gasteiger partial charge in [0.1, 0.15) is 6.33 Å². The van der Waals surface area contributed by atoms with Gasteiger partial charge in [0.2, 0.25) is 0 Å². The fourth-order valence-electron chi connectivity index (χ4n) is 0.867. The van der Waals surface area contributed by atoms with Crippen molar-refractivity contribution in [3.63, 3.8) is 0 Å². The summed E-state index contributed by atoms with van der Waals surface area (Å²) in [7, 11) is 1.75. The molecule has 0 fully saturated rings. The highest BCUT2D eigenvalue weighted by Gasteiger charge is 2.04. The SMILES string of the molecule is CCN(C)C(=O)NCc1ccncn1. The van der Waals surface area contributed by atoms with Crippen LogP contribution in [-0.2, 0) is 6.54 Å². The van der Waals surface area contributed by atoms with Crippen molar-refractivity contribution < 1.29 is 4.79 Å². The topological polar surface area (TPSA) is 58.1 Å². The van der Waals surface area contributed by atoms with E-state index in [2.05, 4.69) is 15.3 Å². The average Bonchev–Trinajstić information content (AvgIpc) is 2.26. The monoisotopic (exact) mass is 194 g/mol. The standard InChI is InChI=1S/C9H14N4O/c1-3-13(2)9(14)11-6-8-4-5-10-7-12-8/h4-5,7H,3,6H2,1-2H3,(H,11,14). The molecule has 1 aromatic heterocycles. The minimum Gasteiger partial charge on any atom is -0.332 e. The molecule has 0 aliphatic rings. The van der Waals surface area contributed by atoms with Crippen LogP contribution in [0.3, 0.4) is 0 Å². The van der Waals surface area contributed by atoms with E-state index in [0.29, 0.717) is 13.1 Å². The van der Waals surface area contributed by atoms with E-state index in [9.17, 15) is 4.79 Å². The molecule has 0 radical (unpaired) electrons. The minimum absolute atomic E-state index is 0.0916. The summed E-state index contributed by atoms with van der Waals surface area (Å²) in [5.41, 5.74) is 0.804. The molecule has 0 bridgehead atoms. The first kappa shape index (κ1) is 10.4. The Kier molecular flexibility index (Phi) is 3.84. The van der Waals surface area contributed by atoms with Gasteiger partial charge in [-0.25, -0.2) is 14.8 Å². The second kappa shape index (κ2) is 5.16. The highest BCUT2D eigenvalue weighted by Crippen LogP contribution is 1.91. The van der Waals surface area contributed by atoms with Crippen LogP contribution < -0.4 is 5.32 Å². The number of nitrogens with one attached hydrogen (secondary N) is 1. The van der Waals surface area contributed by atoms with Gasteiger partial charge in [-0.05, 0) is 13.0 Å². The van der Waals surface area contributed by atoms with Crippen LogP contribution in [0.25, 0.3) is 0 Å². The molecule has 76 valence electrons. The number of amides is 2. The van der Waals surface area contributed by atoms with Crippen LogP contribution in [0, 0.1) is 0 Å². The molecule has 0 aromatic carbocycles. The second-order valence-electron chi connectivity index (χ2n) is 2.87. The molecule has 1 aromatic rings. The highest BCUT2D eigenvalue weighted by molar-refractivity contribution is 5.73. The molecule has 0 unspecified atom stereocenters. The van der Waals surface area contributed by atoms with E-state index >= 15 is 0 Å². The number of urea groups is 1. The van der Waals surface area contributed by atoms with Crippen LogP contribution in [0.4, 0.5) is 4.79 Å². The predicted molar refractivity (Wildman–Crippen MR) is 52.6 cm³/mol. The van der Waals surface area contributed by atoms with Crippen LogP contribution in [0.2, 0.25) is 0 Å². The molecule has 1 N–H and O–H groups in total. The van der Waals surface area contributed by atoms with Crippen molar-refractivity contribution in [1.82, 2.24) is 20.2 Å². The Hall–Kier alpha value is -1.65. The molecule has 0 aliphatic heterocycles. The Morgan fingerprint density at radius 3 is 3.00 bits per heavy atom. The van der Waals surface area contributed by atoms with Crippen molar-refractivity contribution >= 4 is 6.03 Å². The van der Waals surface area contributed by atoms with Crippen molar-refractivity contribution in [1.29, 1.82) is 0 Å². The largest absolute Gasteiger partial charge is 0.332 e. The van der Waals surface area contributed by atoms with E-state index in [-0.39, 0.29) is 6.03 Å². The third-order valence-electron chi connectivity index (χ3n) is 1.88. The molecule has 2 amide bonds. The van der Waals surface area contributed by atoms with Crippen molar-refractivity contribution in [3.05, 3.63) is 24.3 Å². The van der Waals surface area contributed by atoms with Crippen molar-refractivity contribution in [3.8, 4) is 0 Å². The normalized spacial score (nSPS) is 9.57. The molecule has 14 heavy (non-hydrogen) atoms. The van der Waals surface area contributed by atoms with Gasteiger partial charge in [0.15, 0.2) is 0 Å². The maximum atomic E-state index is 11.3. The zero-order valence-corrected chi connectivity index (χ0v) is 8.40. The summed E-state index contributed by atoms with van der Waals surface area (Å²) in [5, 5.41) is 2.75. The minimum atomic E-state index is -0.0916. The molecule has 0 saturated heterocycles. The lowest BCUT2D eigenvalue weighted by Crippen LogP contribution is -2.36. The lowest BCUT2D eigenvalue weighted by atomic mass is 10.4. The van der Waals surface area contributed by atoms with Gasteiger partial charge in [-0.3, -0.25) is 0 Å². The molecule has 5 heteroatoms. The third-order valence-corrected chi connectivity index (χ3v) is 1.88. The van der Waals surface area contributed by atoms with E-state index in [0.717, 1.165) is 5.69 Å². The van der Waals surface area contributed by atoms with E-state index < -0.39 is 0 Å². The van der Waals surface area contributed by atoms with Crippen molar-refractivity contribution in [2.24, 2.45) is 0 Å². The summed E-state index contributed by atoms with van der Waals surface area (Å²) in [4.78, 5) is 20.7. The zero-order chi connectivity index (χ0) is 10.4. The summed E-state index contributed by atoms with van der Waals surface area (Å²) in [6, 6.07) is 1.68. The lowest BCUT2D eigenvalue weighted by Gasteiger charge is -2.14. The van der Waals surface area contributed by atoms with Crippen LogP contribution in [0.5, 0.6) is 0 Å². The Balaban J connectivity index is 2.38. The molecular formula is C9H14N4O. The predicted octanol–water partition coefficient (Wildman–Crippen LogP) is 0.638. The Morgan fingerprint density at radius 2 is 2.43 bits per heavy atom. The van der Waals surface area contributed by atoms with Gasteiger partial charge in [-0.2, -0.15) is 0 Å². The quantitative estimate of drug-likeness (QED) is 0.768. The molecule has 0 aliphatic carbocycles. The molecule has 5 nitrogen and oxygen atoms in total. The van der Waals surface area contributed by atoms with Gasteiger partial charge in [-0.15, -0.1) is 0 Å². The molecule has 0 atom stereocenters. The molecular weight excluding hydrogens is 180 g/mol. The number of nitrogens with zero attached hydrogens (tertiary/aromatic N) is 3. The smallest absolute Gasteiger partial charge is 0.317 e. The van der Waals surface area contributed by atoms with Crippen molar-refractivity contribution in [2.75, 3.05) is 13.6 Å². The van der Waals surface area contributed by atoms with Gasteiger partial charge in [0.05, 0.1) is 12.2 Å². The van der Waals surface area contributed by atoms with Crippen LogP contribution in [-0.4, -0.2) is 34.5 Å². The average molecular weight is 194 g/mol. The fraction of sp³-hybridized carbons (Fsp3) is 0.444. The molecule has 1 rings (SSSR count). The first-order valence-electron chi connectivity index (χ1n) is 4.48. The first-order chi connectivity index (χ1) is 6.74. The van der Waals surface area contributed by atoms with Gasteiger partial charge in [-0.1, -0.05) is 0 Å². The molecule has 0 saturated carbocycles. The number of aromatic nitrogens is 2. The van der Waals surface area contributed by atoms with Gasteiger partial charge in [0, 0.05) is 19.8 Å². The number of hydrogen-bond acceptors (Lipinski definition) is 3. The molecule has 1 heterocycles. The number of carbonyl (C=O) groups is 1. The second-order valence-corrected chi connectivity index (χ2v) is 2.87. The number of hydrogen-bond donors (Lipinski definition) is 1. The third kappa shape index (κ3) is 3.01. The van der Waals surface area contributed by atoms with Crippen LogP contribution in [0.1, 0.15) is 12.6 Å². The van der Waals surface area contributed by atoms with Crippen LogP contribution >= 0.6 is 0 Å². The number of carbonyl (C=O) groups excluding carboxylic acids is 1. The van der Waals surface area contributed by atoms with E-state index in [1.165, 1.54) is 6.33 Å². The Morgan fingerprint density at radius 1 is 1.64 bits per heavy atom. The van der Waals surface area contributed by atoms with Gasteiger partial charge in [0.25, 0.3) is 0 Å². The Labute approximate surface area is 83.2 Å². The maximum Gasteiger partial charge on any atom is 0.317 e. The summed E-state index contributed by atoms with van der Waals surface area (Å²) in [6.45, 7) is 3.05. The maximum absolute atomic E-state index is 11.3. The van der Waals surface area contributed by atoms with Gasteiger partial charge >= 0.3 is 6.03 Å². The summed E-state index contributed by atoms with van der Waals surface area (Å²) in [5.74, 6) is 0. The highest BCUT2D eigenvalue weighted by atomic mass is 16.2. The van der Waals surface area contributed by atoms with Crippen molar-refractivity contribution in [2.45, 2.75) is 13.5 Å². The van der Waals surface area contributed by atoms with E-state index in [4.69, 9.17) is 0 Å². The summed E-state index contributed by atoms with van der Waals surface area (Å²) >= 11 is 0. The number of rotatable bonds is 3. The zero-order valence-electron chi connectivity index (χ0n) is 8.40.